The van der Waals surface area contributed by atoms with Crippen LogP contribution in [-0.4, -0.2) is 34.1 Å². The topological polar surface area (TPSA) is 95.4 Å². The lowest BCUT2D eigenvalue weighted by Crippen LogP contribution is -2.22. The van der Waals surface area contributed by atoms with E-state index in [0.29, 0.717) is 45.4 Å². The van der Waals surface area contributed by atoms with Crippen LogP contribution in [0.3, 0.4) is 0 Å². The van der Waals surface area contributed by atoms with Crippen molar-refractivity contribution in [2.45, 2.75) is 33.2 Å². The van der Waals surface area contributed by atoms with Gasteiger partial charge in [-0.2, -0.15) is 0 Å². The van der Waals surface area contributed by atoms with Crippen molar-refractivity contribution < 1.29 is 23.0 Å². The SMILES string of the molecule is CCCP(=O)(OCC)c1ccc([C@@H](C)n2c(=O)[nH]c3cnc4c5c(ccc4c32)OCO5)cc1F. The van der Waals surface area contributed by atoms with E-state index in [0.717, 1.165) is 0 Å². The number of benzene rings is 2. The Kier molecular flexibility index (Phi) is 5.70. The van der Waals surface area contributed by atoms with E-state index in [9.17, 15) is 9.36 Å². The van der Waals surface area contributed by atoms with E-state index in [1.807, 2.05) is 19.9 Å². The number of hydrogen-bond acceptors (Lipinski definition) is 6. The Labute approximate surface area is 195 Å². The first-order valence-electron chi connectivity index (χ1n) is 11.2. The van der Waals surface area contributed by atoms with Crippen LogP contribution in [0.1, 0.15) is 38.8 Å². The van der Waals surface area contributed by atoms with Crippen molar-refractivity contribution in [2.75, 3.05) is 19.6 Å². The van der Waals surface area contributed by atoms with Crippen molar-refractivity contribution in [3.05, 3.63) is 58.4 Å². The zero-order chi connectivity index (χ0) is 24.0. The van der Waals surface area contributed by atoms with E-state index in [2.05, 4.69) is 9.97 Å². The molecule has 178 valence electrons. The number of imidazole rings is 1. The Bertz CT molecular complexity index is 1500. The largest absolute Gasteiger partial charge is 0.454 e. The van der Waals surface area contributed by atoms with Gasteiger partial charge in [0, 0.05) is 11.5 Å². The molecule has 4 aromatic rings. The highest BCUT2D eigenvalue weighted by Gasteiger charge is 2.29. The summed E-state index contributed by atoms with van der Waals surface area (Å²) in [5, 5.41) is 0.800. The van der Waals surface area contributed by atoms with Gasteiger partial charge in [0.15, 0.2) is 11.5 Å². The zero-order valence-electron chi connectivity index (χ0n) is 19.1. The Hall–Kier alpha value is -3.16. The quantitative estimate of drug-likeness (QED) is 0.381. The third-order valence-corrected chi connectivity index (χ3v) is 8.92. The molecule has 2 aromatic heterocycles. The van der Waals surface area contributed by atoms with Crippen molar-refractivity contribution in [3.8, 4) is 11.5 Å². The van der Waals surface area contributed by atoms with Gasteiger partial charge in [0.1, 0.15) is 11.3 Å². The summed E-state index contributed by atoms with van der Waals surface area (Å²) in [6.07, 6.45) is 2.46. The Morgan fingerprint density at radius 3 is 2.82 bits per heavy atom. The molecule has 0 aliphatic carbocycles. The van der Waals surface area contributed by atoms with Crippen LogP contribution >= 0.6 is 7.37 Å². The molecule has 3 heterocycles. The molecule has 0 radical (unpaired) electrons. The van der Waals surface area contributed by atoms with Crippen molar-refractivity contribution in [1.29, 1.82) is 0 Å². The second-order valence-electron chi connectivity index (χ2n) is 8.22. The highest BCUT2D eigenvalue weighted by atomic mass is 31.2. The van der Waals surface area contributed by atoms with Crippen LogP contribution in [0.2, 0.25) is 0 Å². The molecule has 34 heavy (non-hydrogen) atoms. The molecule has 1 aliphatic heterocycles. The minimum Gasteiger partial charge on any atom is -0.454 e. The Balaban J connectivity index is 1.63. The molecule has 1 aliphatic rings. The molecule has 8 nitrogen and oxygen atoms in total. The number of nitrogens with zero attached hydrogens (tertiary/aromatic N) is 2. The molecule has 0 saturated carbocycles. The van der Waals surface area contributed by atoms with Crippen LogP contribution in [-0.2, 0) is 9.09 Å². The van der Waals surface area contributed by atoms with Crippen LogP contribution in [0.15, 0.2) is 41.3 Å². The summed E-state index contributed by atoms with van der Waals surface area (Å²) in [6, 6.07) is 7.66. The first-order chi connectivity index (χ1) is 16.4. The van der Waals surface area contributed by atoms with E-state index in [4.69, 9.17) is 14.0 Å². The summed E-state index contributed by atoms with van der Waals surface area (Å²) >= 11 is 0. The molecule has 2 atom stereocenters. The summed E-state index contributed by atoms with van der Waals surface area (Å²) < 4.78 is 46.6. The average molecular weight is 485 g/mol. The molecule has 1 unspecified atom stereocenters. The minimum absolute atomic E-state index is 0.0841. The highest BCUT2D eigenvalue weighted by molar-refractivity contribution is 7.67. The first kappa shape index (κ1) is 22.6. The fourth-order valence-electron chi connectivity index (χ4n) is 4.58. The van der Waals surface area contributed by atoms with Gasteiger partial charge in [-0.25, -0.2) is 14.2 Å². The number of hydrogen-bond donors (Lipinski definition) is 1. The van der Waals surface area contributed by atoms with Gasteiger partial charge in [-0.15, -0.1) is 0 Å². The number of pyridine rings is 1. The summed E-state index contributed by atoms with van der Waals surface area (Å²) in [5.41, 5.74) is 2.00. The molecule has 0 spiro atoms. The van der Waals surface area contributed by atoms with Crippen LogP contribution in [0.25, 0.3) is 21.9 Å². The number of aromatic amines is 1. The van der Waals surface area contributed by atoms with Gasteiger partial charge < -0.3 is 19.0 Å². The lowest BCUT2D eigenvalue weighted by molar-refractivity contribution is 0.174. The Morgan fingerprint density at radius 2 is 2.09 bits per heavy atom. The molecule has 2 aromatic carbocycles. The molecule has 0 fully saturated rings. The fraction of sp³-hybridized carbons (Fsp3) is 0.333. The van der Waals surface area contributed by atoms with Gasteiger partial charge in [-0.3, -0.25) is 9.13 Å². The summed E-state index contributed by atoms with van der Waals surface area (Å²) in [5.74, 6) is 0.530. The number of nitrogens with one attached hydrogen (secondary N) is 1. The minimum atomic E-state index is -3.29. The van der Waals surface area contributed by atoms with Gasteiger partial charge in [0.05, 0.1) is 35.2 Å². The maximum atomic E-state index is 15.2. The maximum absolute atomic E-state index is 15.2. The normalized spacial score (nSPS) is 15.6. The second-order valence-corrected chi connectivity index (χ2v) is 10.8. The van der Waals surface area contributed by atoms with Crippen LogP contribution in [0.5, 0.6) is 11.5 Å². The lowest BCUT2D eigenvalue weighted by atomic mass is 10.1. The standard InChI is InChI=1S/C24H25FN3O5P/c1-4-10-34(30,33-5-2)20-9-6-15(11-17(20)25)14(3)28-22-16-7-8-19-23(32-13-31-19)21(16)26-12-18(22)27-24(28)29/h6-9,11-12,14H,4-5,10,13H2,1-3H3,(H,27,29)/t14-,34?/m1/s1. The third kappa shape index (κ3) is 3.51. The van der Waals surface area contributed by atoms with Crippen LogP contribution in [0.4, 0.5) is 4.39 Å². The summed E-state index contributed by atoms with van der Waals surface area (Å²) in [4.78, 5) is 20.3. The van der Waals surface area contributed by atoms with Gasteiger partial charge in [0.2, 0.25) is 14.2 Å². The van der Waals surface area contributed by atoms with Crippen molar-refractivity contribution >= 4 is 34.6 Å². The lowest BCUT2D eigenvalue weighted by Gasteiger charge is -2.20. The molecular weight excluding hydrogens is 460 g/mol. The molecular formula is C24H25FN3O5P. The fourth-order valence-corrected chi connectivity index (χ4v) is 6.78. The van der Waals surface area contributed by atoms with E-state index >= 15 is 4.39 Å². The number of aromatic nitrogens is 3. The second kappa shape index (κ2) is 8.56. The predicted octanol–water partition coefficient (Wildman–Crippen LogP) is 4.70. The number of H-pyrrole nitrogens is 1. The third-order valence-electron chi connectivity index (χ3n) is 6.11. The molecule has 1 N–H and O–H groups in total. The van der Waals surface area contributed by atoms with Crippen molar-refractivity contribution in [2.24, 2.45) is 0 Å². The number of rotatable bonds is 7. The number of fused-ring (bicyclic) bond motifs is 5. The van der Waals surface area contributed by atoms with Crippen molar-refractivity contribution in [1.82, 2.24) is 14.5 Å². The smallest absolute Gasteiger partial charge is 0.327 e. The summed E-state index contributed by atoms with van der Waals surface area (Å²) in [6.45, 7) is 5.79. The maximum Gasteiger partial charge on any atom is 0.327 e. The van der Waals surface area contributed by atoms with E-state index < -0.39 is 19.2 Å². The predicted molar refractivity (Wildman–Crippen MR) is 128 cm³/mol. The van der Waals surface area contributed by atoms with Gasteiger partial charge in [0.25, 0.3) is 0 Å². The zero-order valence-corrected chi connectivity index (χ0v) is 20.0. The summed E-state index contributed by atoms with van der Waals surface area (Å²) in [7, 11) is -3.29. The van der Waals surface area contributed by atoms with Gasteiger partial charge in [-0.05, 0) is 50.1 Å². The molecule has 0 bridgehead atoms. The molecule has 0 saturated heterocycles. The van der Waals surface area contributed by atoms with E-state index in [-0.39, 0.29) is 30.6 Å². The van der Waals surface area contributed by atoms with Crippen LogP contribution < -0.4 is 20.5 Å². The van der Waals surface area contributed by atoms with Crippen LogP contribution in [0, 0.1) is 5.82 Å². The Morgan fingerprint density at radius 1 is 1.26 bits per heavy atom. The first-order valence-corrected chi connectivity index (χ1v) is 13.0. The highest BCUT2D eigenvalue weighted by Crippen LogP contribution is 2.47. The van der Waals surface area contributed by atoms with Gasteiger partial charge >= 0.3 is 5.69 Å². The van der Waals surface area contributed by atoms with E-state index in [1.165, 1.54) is 12.1 Å². The van der Waals surface area contributed by atoms with Gasteiger partial charge in [-0.1, -0.05) is 13.0 Å². The van der Waals surface area contributed by atoms with Crippen molar-refractivity contribution in [3.63, 3.8) is 0 Å². The molecule has 0 amide bonds. The van der Waals surface area contributed by atoms with E-state index in [1.54, 1.807) is 29.8 Å². The number of ether oxygens (including phenoxy) is 2. The molecule has 5 rings (SSSR count). The monoisotopic (exact) mass is 485 g/mol. The number of halogens is 1. The molecule has 10 heteroatoms. The average Bonchev–Trinajstić information content (AvgIpc) is 3.42.